The van der Waals surface area contributed by atoms with Gasteiger partial charge in [0, 0.05) is 18.3 Å². The zero-order chi connectivity index (χ0) is 13.7. The molecule has 19 heavy (non-hydrogen) atoms. The van der Waals surface area contributed by atoms with E-state index in [1.54, 1.807) is 0 Å². The Hall–Kier alpha value is -1.35. The SMILES string of the molecule is CCN(C(=O)CNC1CCCC1)c1cccc(C)c1. The number of benzene rings is 1. The number of nitrogens with zero attached hydrogens (tertiary/aromatic N) is 1. The van der Waals surface area contributed by atoms with Gasteiger partial charge in [0.15, 0.2) is 0 Å². The first kappa shape index (κ1) is 14.1. The Kier molecular flexibility index (Phi) is 4.97. The molecular formula is C16H24N2O. The molecule has 1 aliphatic rings. The molecule has 0 unspecified atom stereocenters. The fraction of sp³-hybridized carbons (Fsp3) is 0.562. The second kappa shape index (κ2) is 6.71. The van der Waals surface area contributed by atoms with Crippen LogP contribution in [0.4, 0.5) is 5.69 Å². The summed E-state index contributed by atoms with van der Waals surface area (Å²) in [6, 6.07) is 8.67. The van der Waals surface area contributed by atoms with Crippen LogP contribution >= 0.6 is 0 Å². The molecule has 0 aliphatic heterocycles. The van der Waals surface area contributed by atoms with E-state index in [1.165, 1.54) is 31.2 Å². The molecule has 0 radical (unpaired) electrons. The van der Waals surface area contributed by atoms with Crippen LogP contribution < -0.4 is 10.2 Å². The number of carbonyl (C=O) groups is 1. The number of rotatable bonds is 5. The third-order valence-corrected chi connectivity index (χ3v) is 3.83. The van der Waals surface area contributed by atoms with Crippen molar-refractivity contribution in [3.8, 4) is 0 Å². The van der Waals surface area contributed by atoms with Gasteiger partial charge in [0.25, 0.3) is 0 Å². The topological polar surface area (TPSA) is 32.3 Å². The summed E-state index contributed by atoms with van der Waals surface area (Å²) in [5.41, 5.74) is 2.19. The number of hydrogen-bond acceptors (Lipinski definition) is 2. The summed E-state index contributed by atoms with van der Waals surface area (Å²) in [6.07, 6.45) is 5.01. The van der Waals surface area contributed by atoms with E-state index in [-0.39, 0.29) is 5.91 Å². The Morgan fingerprint density at radius 2 is 2.11 bits per heavy atom. The van der Waals surface area contributed by atoms with Gasteiger partial charge in [-0.15, -0.1) is 0 Å². The Morgan fingerprint density at radius 3 is 2.74 bits per heavy atom. The molecule has 3 nitrogen and oxygen atoms in total. The van der Waals surface area contributed by atoms with Crippen LogP contribution in [-0.4, -0.2) is 25.0 Å². The largest absolute Gasteiger partial charge is 0.312 e. The van der Waals surface area contributed by atoms with Crippen molar-refractivity contribution < 1.29 is 4.79 Å². The van der Waals surface area contributed by atoms with Crippen molar-refractivity contribution in [2.75, 3.05) is 18.0 Å². The maximum Gasteiger partial charge on any atom is 0.240 e. The number of amides is 1. The molecule has 0 saturated heterocycles. The summed E-state index contributed by atoms with van der Waals surface area (Å²) in [4.78, 5) is 14.2. The summed E-state index contributed by atoms with van der Waals surface area (Å²) in [5.74, 6) is 0.167. The highest BCUT2D eigenvalue weighted by atomic mass is 16.2. The third kappa shape index (κ3) is 3.80. The van der Waals surface area contributed by atoms with E-state index in [4.69, 9.17) is 0 Å². The van der Waals surface area contributed by atoms with E-state index in [2.05, 4.69) is 24.4 Å². The molecule has 0 atom stereocenters. The van der Waals surface area contributed by atoms with Crippen LogP contribution in [0.3, 0.4) is 0 Å². The van der Waals surface area contributed by atoms with Gasteiger partial charge in [-0.3, -0.25) is 4.79 Å². The Bertz CT molecular complexity index is 425. The van der Waals surface area contributed by atoms with Crippen LogP contribution in [0.2, 0.25) is 0 Å². The van der Waals surface area contributed by atoms with Crippen molar-refractivity contribution in [1.82, 2.24) is 5.32 Å². The Labute approximate surface area is 116 Å². The lowest BCUT2D eigenvalue weighted by atomic mass is 10.2. The second-order valence-electron chi connectivity index (χ2n) is 5.34. The van der Waals surface area contributed by atoms with Gasteiger partial charge in [0.2, 0.25) is 5.91 Å². The van der Waals surface area contributed by atoms with Crippen molar-refractivity contribution in [3.63, 3.8) is 0 Å². The highest BCUT2D eigenvalue weighted by Crippen LogP contribution is 2.18. The molecule has 1 aromatic carbocycles. The normalized spacial score (nSPS) is 15.7. The van der Waals surface area contributed by atoms with E-state index in [9.17, 15) is 4.79 Å². The molecule has 3 heteroatoms. The highest BCUT2D eigenvalue weighted by Gasteiger charge is 2.18. The average molecular weight is 260 g/mol. The van der Waals surface area contributed by atoms with E-state index < -0.39 is 0 Å². The van der Waals surface area contributed by atoms with Gasteiger partial charge >= 0.3 is 0 Å². The highest BCUT2D eigenvalue weighted by molar-refractivity contribution is 5.94. The predicted molar refractivity (Wildman–Crippen MR) is 79.5 cm³/mol. The number of carbonyl (C=O) groups excluding carboxylic acids is 1. The molecule has 1 N–H and O–H groups in total. The maximum atomic E-state index is 12.3. The maximum absolute atomic E-state index is 12.3. The molecule has 0 spiro atoms. The molecule has 0 aromatic heterocycles. The van der Waals surface area contributed by atoms with Crippen LogP contribution in [0.5, 0.6) is 0 Å². The first-order chi connectivity index (χ1) is 9.20. The lowest BCUT2D eigenvalue weighted by molar-refractivity contribution is -0.117. The lowest BCUT2D eigenvalue weighted by Crippen LogP contribution is -2.41. The van der Waals surface area contributed by atoms with Crippen LogP contribution in [0.15, 0.2) is 24.3 Å². The number of nitrogens with one attached hydrogen (secondary N) is 1. The minimum absolute atomic E-state index is 0.167. The van der Waals surface area contributed by atoms with Crippen LogP contribution in [0, 0.1) is 6.92 Å². The molecule has 1 aliphatic carbocycles. The second-order valence-corrected chi connectivity index (χ2v) is 5.34. The minimum atomic E-state index is 0.167. The zero-order valence-electron chi connectivity index (χ0n) is 12.0. The van der Waals surface area contributed by atoms with Gasteiger partial charge in [-0.1, -0.05) is 25.0 Å². The molecule has 2 rings (SSSR count). The summed E-state index contributed by atoms with van der Waals surface area (Å²) in [5, 5.41) is 3.39. The molecule has 0 heterocycles. The van der Waals surface area contributed by atoms with Gasteiger partial charge < -0.3 is 10.2 Å². The van der Waals surface area contributed by atoms with Crippen LogP contribution in [0.25, 0.3) is 0 Å². The number of likely N-dealkylation sites (N-methyl/N-ethyl adjacent to an activating group) is 1. The number of aryl methyl sites for hydroxylation is 1. The third-order valence-electron chi connectivity index (χ3n) is 3.83. The van der Waals surface area contributed by atoms with Crippen molar-refractivity contribution >= 4 is 11.6 Å². The fourth-order valence-electron chi connectivity index (χ4n) is 2.76. The van der Waals surface area contributed by atoms with E-state index in [0.29, 0.717) is 19.1 Å². The van der Waals surface area contributed by atoms with Crippen molar-refractivity contribution in [2.45, 2.75) is 45.6 Å². The molecule has 104 valence electrons. The summed E-state index contributed by atoms with van der Waals surface area (Å²) >= 11 is 0. The standard InChI is InChI=1S/C16H24N2O/c1-3-18(15-10-6-7-13(2)11-15)16(19)12-17-14-8-4-5-9-14/h6-7,10-11,14,17H,3-5,8-9,12H2,1-2H3. The smallest absolute Gasteiger partial charge is 0.240 e. The number of hydrogen-bond donors (Lipinski definition) is 1. The molecular weight excluding hydrogens is 236 g/mol. The quantitative estimate of drug-likeness (QED) is 0.883. The summed E-state index contributed by atoms with van der Waals surface area (Å²) < 4.78 is 0. The molecule has 1 amide bonds. The Balaban J connectivity index is 1.94. The molecule has 1 aromatic rings. The van der Waals surface area contributed by atoms with Crippen LogP contribution in [-0.2, 0) is 4.79 Å². The average Bonchev–Trinajstić information content (AvgIpc) is 2.90. The summed E-state index contributed by atoms with van der Waals surface area (Å²) in [7, 11) is 0. The molecule has 0 bridgehead atoms. The first-order valence-electron chi connectivity index (χ1n) is 7.31. The van der Waals surface area contributed by atoms with Gasteiger partial charge in [0.05, 0.1) is 6.54 Å². The van der Waals surface area contributed by atoms with E-state index >= 15 is 0 Å². The van der Waals surface area contributed by atoms with Crippen molar-refractivity contribution in [1.29, 1.82) is 0 Å². The summed E-state index contributed by atoms with van der Waals surface area (Å²) in [6.45, 7) is 5.25. The Morgan fingerprint density at radius 1 is 1.37 bits per heavy atom. The monoisotopic (exact) mass is 260 g/mol. The van der Waals surface area contributed by atoms with Gasteiger partial charge in [-0.2, -0.15) is 0 Å². The van der Waals surface area contributed by atoms with Crippen LogP contribution in [0.1, 0.15) is 38.2 Å². The van der Waals surface area contributed by atoms with Crippen molar-refractivity contribution in [2.24, 2.45) is 0 Å². The van der Waals surface area contributed by atoms with Gasteiger partial charge in [-0.05, 0) is 44.4 Å². The lowest BCUT2D eigenvalue weighted by Gasteiger charge is -2.22. The van der Waals surface area contributed by atoms with E-state index in [1.807, 2.05) is 24.0 Å². The van der Waals surface area contributed by atoms with Gasteiger partial charge in [-0.25, -0.2) is 0 Å². The van der Waals surface area contributed by atoms with Crippen molar-refractivity contribution in [3.05, 3.63) is 29.8 Å². The minimum Gasteiger partial charge on any atom is -0.312 e. The van der Waals surface area contributed by atoms with Gasteiger partial charge in [0.1, 0.15) is 0 Å². The number of anilines is 1. The predicted octanol–water partition coefficient (Wildman–Crippen LogP) is 2.88. The van der Waals surface area contributed by atoms with E-state index in [0.717, 1.165) is 5.69 Å². The first-order valence-corrected chi connectivity index (χ1v) is 7.31. The fourth-order valence-corrected chi connectivity index (χ4v) is 2.76. The molecule has 1 fully saturated rings. The molecule has 1 saturated carbocycles. The zero-order valence-corrected chi connectivity index (χ0v) is 12.0.